The monoisotopic (exact) mass is 412 g/mol. The molecule has 0 N–H and O–H groups in total. The van der Waals surface area contributed by atoms with E-state index >= 15 is 0 Å². The van der Waals surface area contributed by atoms with Crippen molar-refractivity contribution in [3.8, 4) is 11.3 Å². The van der Waals surface area contributed by atoms with E-state index in [-0.39, 0.29) is 0 Å². The van der Waals surface area contributed by atoms with E-state index in [1.807, 2.05) is 0 Å². The Labute approximate surface area is 187 Å². The fourth-order valence-electron chi connectivity index (χ4n) is 4.74. The normalized spacial score (nSPS) is 12.0. The summed E-state index contributed by atoms with van der Waals surface area (Å²) in [5.41, 5.74) is 6.61. The molecule has 4 rings (SSSR count). The first-order valence-electron chi connectivity index (χ1n) is 11.7. The summed E-state index contributed by atoms with van der Waals surface area (Å²) >= 11 is 0. The van der Waals surface area contributed by atoms with E-state index in [1.54, 1.807) is 0 Å². The van der Waals surface area contributed by atoms with E-state index in [0.717, 1.165) is 11.0 Å². The van der Waals surface area contributed by atoms with Crippen molar-refractivity contribution in [2.24, 2.45) is 0 Å². The molecule has 1 heterocycles. The highest BCUT2D eigenvalue weighted by molar-refractivity contribution is 6.09. The number of benzene rings is 3. The first-order valence-corrected chi connectivity index (χ1v) is 11.7. The Kier molecular flexibility index (Phi) is 6.11. The number of quaternary nitrogens is 1. The lowest BCUT2D eigenvalue weighted by Crippen LogP contribution is -2.46. The number of nitrogens with zero attached hydrogens (tertiary/aromatic N) is 2. The molecule has 0 unspecified atom stereocenters. The van der Waals surface area contributed by atoms with Crippen LogP contribution in [0.1, 0.15) is 31.4 Å². The van der Waals surface area contributed by atoms with E-state index in [9.17, 15) is 0 Å². The number of aryl methyl sites for hydroxylation is 3. The lowest BCUT2D eigenvalue weighted by molar-refractivity contribution is -0.908. The summed E-state index contributed by atoms with van der Waals surface area (Å²) in [6, 6.07) is 24.8. The van der Waals surface area contributed by atoms with E-state index in [0.29, 0.717) is 0 Å². The van der Waals surface area contributed by atoms with Crippen molar-refractivity contribution in [2.75, 3.05) is 26.7 Å². The topological polar surface area (TPSA) is 3.88 Å². The zero-order valence-electron chi connectivity index (χ0n) is 19.8. The molecule has 4 aromatic rings. The molecule has 0 radical (unpaired) electrons. The number of aromatic nitrogens is 1. The van der Waals surface area contributed by atoms with E-state index in [4.69, 9.17) is 0 Å². The molecule has 3 aromatic carbocycles. The smallest absolute Gasteiger partial charge is 0.220 e. The molecule has 0 bridgehead atoms. The van der Waals surface area contributed by atoms with Gasteiger partial charge >= 0.3 is 0 Å². The minimum atomic E-state index is 1.03. The molecule has 0 aliphatic carbocycles. The van der Waals surface area contributed by atoms with Gasteiger partial charge in [-0.15, -0.1) is 0 Å². The van der Waals surface area contributed by atoms with Gasteiger partial charge in [0.05, 0.1) is 43.9 Å². The predicted octanol–water partition coefficient (Wildman–Crippen LogP) is 6.44. The number of pyridine rings is 1. The van der Waals surface area contributed by atoms with Gasteiger partial charge in [-0.3, -0.25) is 0 Å². The Bertz CT molecular complexity index is 1200. The van der Waals surface area contributed by atoms with Gasteiger partial charge in [0.1, 0.15) is 0 Å². The molecule has 160 valence electrons. The molecule has 0 atom stereocenters. The van der Waals surface area contributed by atoms with Crippen LogP contribution >= 0.6 is 0 Å². The largest absolute Gasteiger partial charge is 0.326 e. The zero-order chi connectivity index (χ0) is 22.0. The predicted molar refractivity (Wildman–Crippen MR) is 133 cm³/mol. The lowest BCUT2D eigenvalue weighted by Gasteiger charge is -2.31. The van der Waals surface area contributed by atoms with Crippen molar-refractivity contribution in [2.45, 2.75) is 40.7 Å². The Morgan fingerprint density at radius 3 is 2.06 bits per heavy atom. The third-order valence-corrected chi connectivity index (χ3v) is 7.09. The van der Waals surface area contributed by atoms with Crippen LogP contribution < -0.4 is 4.57 Å². The molecular formula is C29H36N2+2. The summed E-state index contributed by atoms with van der Waals surface area (Å²) in [6.07, 6.45) is 1.17. The summed E-state index contributed by atoms with van der Waals surface area (Å²) in [5, 5.41) is 4.05. The number of hydrogen-bond donors (Lipinski definition) is 0. The molecule has 0 aliphatic heterocycles. The Balaban J connectivity index is 1.97. The van der Waals surface area contributed by atoms with Crippen LogP contribution in [0.3, 0.4) is 0 Å². The van der Waals surface area contributed by atoms with Crippen LogP contribution in [0.4, 0.5) is 0 Å². The molecule has 31 heavy (non-hydrogen) atoms. The summed E-state index contributed by atoms with van der Waals surface area (Å²) in [7, 11) is 2.38. The second-order valence-electron chi connectivity index (χ2n) is 9.27. The van der Waals surface area contributed by atoms with Gasteiger partial charge in [0.2, 0.25) is 11.2 Å². The van der Waals surface area contributed by atoms with Gasteiger partial charge in [-0.1, -0.05) is 42.0 Å². The first-order chi connectivity index (χ1) is 15.0. The number of hydrogen-bond acceptors (Lipinski definition) is 0. The van der Waals surface area contributed by atoms with Crippen LogP contribution in [0, 0.1) is 13.8 Å². The Morgan fingerprint density at radius 2 is 1.39 bits per heavy atom. The van der Waals surface area contributed by atoms with Crippen LogP contribution in [-0.4, -0.2) is 31.2 Å². The van der Waals surface area contributed by atoms with E-state index in [2.05, 4.69) is 106 Å². The minimum Gasteiger partial charge on any atom is -0.326 e. The third-order valence-electron chi connectivity index (χ3n) is 7.09. The van der Waals surface area contributed by atoms with Gasteiger partial charge in [-0.05, 0) is 57.5 Å². The average Bonchev–Trinajstić information content (AvgIpc) is 2.79. The highest BCUT2D eigenvalue weighted by Crippen LogP contribution is 2.32. The van der Waals surface area contributed by atoms with Gasteiger partial charge in [0, 0.05) is 17.0 Å². The third kappa shape index (κ3) is 4.22. The standard InChI is InChI=1S/C29H36N2/c1-6-31(5,7-2)19-11-18-30-28-21-23(4)15-17-26(28)25-16-14-22(3)20-27(25)29(30)24-12-9-8-10-13-24/h8-10,12-17,20-21H,6-7,11,18-19H2,1-5H3/q+2. The summed E-state index contributed by atoms with van der Waals surface area (Å²) in [6.45, 7) is 13.6. The zero-order valence-corrected chi connectivity index (χ0v) is 19.8. The summed E-state index contributed by atoms with van der Waals surface area (Å²) < 4.78 is 3.72. The van der Waals surface area contributed by atoms with Crippen molar-refractivity contribution < 1.29 is 9.05 Å². The summed E-state index contributed by atoms with van der Waals surface area (Å²) in [4.78, 5) is 0. The lowest BCUT2D eigenvalue weighted by atomic mass is 9.96. The van der Waals surface area contributed by atoms with Gasteiger partial charge in [0.25, 0.3) is 0 Å². The highest BCUT2D eigenvalue weighted by Gasteiger charge is 2.25. The fourth-order valence-corrected chi connectivity index (χ4v) is 4.74. The van der Waals surface area contributed by atoms with Gasteiger partial charge in [-0.25, -0.2) is 0 Å². The average molecular weight is 413 g/mol. The SMILES string of the molecule is CC[N+](C)(CC)CCC[n+]1c(-c2ccccc2)c2cc(C)ccc2c2ccc(C)cc21. The maximum Gasteiger partial charge on any atom is 0.220 e. The first kappa shape index (κ1) is 21.5. The van der Waals surface area contributed by atoms with Gasteiger partial charge in [0.15, 0.2) is 6.54 Å². The molecule has 2 nitrogen and oxygen atoms in total. The molecule has 0 spiro atoms. The van der Waals surface area contributed by atoms with Crippen molar-refractivity contribution in [1.29, 1.82) is 0 Å². The molecule has 0 saturated heterocycles. The van der Waals surface area contributed by atoms with Gasteiger partial charge in [-0.2, -0.15) is 4.57 Å². The van der Waals surface area contributed by atoms with Crippen LogP contribution in [0.15, 0.2) is 66.7 Å². The molecule has 0 amide bonds. The molecule has 2 heteroatoms. The molecule has 0 saturated carbocycles. The number of rotatable bonds is 7. The van der Waals surface area contributed by atoms with E-state index in [1.165, 1.54) is 70.1 Å². The van der Waals surface area contributed by atoms with Crippen molar-refractivity contribution in [1.82, 2.24) is 0 Å². The second-order valence-corrected chi connectivity index (χ2v) is 9.27. The Morgan fingerprint density at radius 1 is 0.742 bits per heavy atom. The Hall–Kier alpha value is -2.71. The fraction of sp³-hybridized carbons (Fsp3) is 0.345. The van der Waals surface area contributed by atoms with Crippen LogP contribution in [0.2, 0.25) is 0 Å². The molecule has 0 aliphatic rings. The van der Waals surface area contributed by atoms with E-state index < -0.39 is 0 Å². The quantitative estimate of drug-likeness (QED) is 0.187. The molecular weight excluding hydrogens is 376 g/mol. The highest BCUT2D eigenvalue weighted by atomic mass is 15.3. The molecule has 0 fully saturated rings. The van der Waals surface area contributed by atoms with Crippen LogP contribution in [0.25, 0.3) is 32.9 Å². The van der Waals surface area contributed by atoms with Crippen LogP contribution in [-0.2, 0) is 6.54 Å². The maximum absolute atomic E-state index is 2.59. The maximum atomic E-state index is 2.59. The summed E-state index contributed by atoms with van der Waals surface area (Å²) in [5.74, 6) is 0. The van der Waals surface area contributed by atoms with Crippen molar-refractivity contribution in [3.05, 3.63) is 77.9 Å². The number of fused-ring (bicyclic) bond motifs is 3. The van der Waals surface area contributed by atoms with Gasteiger partial charge < -0.3 is 4.48 Å². The van der Waals surface area contributed by atoms with Crippen molar-refractivity contribution in [3.63, 3.8) is 0 Å². The second kappa shape index (κ2) is 8.80. The molecule has 1 aromatic heterocycles. The minimum absolute atomic E-state index is 1.03. The van der Waals surface area contributed by atoms with Crippen molar-refractivity contribution >= 4 is 21.7 Å². The van der Waals surface area contributed by atoms with Crippen LogP contribution in [0.5, 0.6) is 0 Å².